The Morgan fingerprint density at radius 3 is 3.05 bits per heavy atom. The number of rotatable bonds is 4. The van der Waals surface area contributed by atoms with Crippen molar-refractivity contribution in [2.24, 2.45) is 5.92 Å². The molecule has 0 aliphatic carbocycles. The zero-order chi connectivity index (χ0) is 15.0. The van der Waals surface area contributed by atoms with Crippen LogP contribution in [0.2, 0.25) is 0 Å². The molecular weight excluding hydrogens is 292 g/mol. The first-order valence-electron chi connectivity index (χ1n) is 6.63. The number of nitrogens with zero attached hydrogens (tertiary/aromatic N) is 2. The van der Waals surface area contributed by atoms with E-state index in [1.165, 1.54) is 16.2 Å². The molecule has 1 aromatic heterocycles. The highest BCUT2D eigenvalue weighted by molar-refractivity contribution is 7.22. The molecule has 0 N–H and O–H groups in total. The van der Waals surface area contributed by atoms with E-state index in [4.69, 9.17) is 4.74 Å². The smallest absolute Gasteiger partial charge is 0.229 e. The molecule has 6 nitrogen and oxygen atoms in total. The Bertz CT molecular complexity index is 712. The van der Waals surface area contributed by atoms with Crippen LogP contribution in [0.15, 0.2) is 18.2 Å². The maximum atomic E-state index is 11.9. The number of amides is 1. The average molecular weight is 305 g/mol. The lowest BCUT2D eigenvalue weighted by Gasteiger charge is -2.13. The number of fused-ring (bicyclic) bond motifs is 1. The molecule has 1 amide bonds. The molecule has 0 bridgehead atoms. The zero-order valence-electron chi connectivity index (χ0n) is 11.4. The predicted molar refractivity (Wildman–Crippen MR) is 76.3 cm³/mol. The highest BCUT2D eigenvalue weighted by atomic mass is 32.1. The van der Waals surface area contributed by atoms with Gasteiger partial charge >= 0.3 is 0 Å². The molecule has 1 fully saturated rings. The van der Waals surface area contributed by atoms with Gasteiger partial charge in [0.1, 0.15) is 5.75 Å². The maximum Gasteiger partial charge on any atom is 0.229 e. The maximum absolute atomic E-state index is 11.9. The second-order valence-electron chi connectivity index (χ2n) is 4.78. The molecule has 0 spiro atoms. The number of carboxylic acid groups (broad SMARTS) is 1. The first-order valence-corrected chi connectivity index (χ1v) is 7.44. The molecule has 7 heteroatoms. The van der Waals surface area contributed by atoms with Gasteiger partial charge in [0.2, 0.25) is 5.91 Å². The van der Waals surface area contributed by atoms with Crippen LogP contribution in [0.25, 0.3) is 10.2 Å². The molecule has 3 rings (SSSR count). The van der Waals surface area contributed by atoms with Crippen molar-refractivity contribution in [3.05, 3.63) is 18.2 Å². The summed E-state index contributed by atoms with van der Waals surface area (Å²) >= 11 is 1.35. The van der Waals surface area contributed by atoms with Gasteiger partial charge in [-0.3, -0.25) is 9.69 Å². The largest absolute Gasteiger partial charge is 0.550 e. The Kier molecular flexibility index (Phi) is 3.50. The van der Waals surface area contributed by atoms with Gasteiger partial charge in [0.05, 0.1) is 16.8 Å². The quantitative estimate of drug-likeness (QED) is 0.834. The lowest BCUT2D eigenvalue weighted by Crippen LogP contribution is -2.33. The highest BCUT2D eigenvalue weighted by Crippen LogP contribution is 2.34. The number of benzene rings is 1. The summed E-state index contributed by atoms with van der Waals surface area (Å²) in [5, 5.41) is 11.4. The van der Waals surface area contributed by atoms with Crippen LogP contribution in [0.1, 0.15) is 13.3 Å². The van der Waals surface area contributed by atoms with Crippen LogP contribution in [0.3, 0.4) is 0 Å². The van der Waals surface area contributed by atoms with E-state index in [1.54, 1.807) is 0 Å². The van der Waals surface area contributed by atoms with E-state index in [0.29, 0.717) is 11.7 Å². The predicted octanol–water partition coefficient (Wildman–Crippen LogP) is 0.798. The van der Waals surface area contributed by atoms with E-state index in [2.05, 4.69) is 4.98 Å². The summed E-state index contributed by atoms with van der Waals surface area (Å²) < 4.78 is 6.33. The minimum Gasteiger partial charge on any atom is -0.550 e. The van der Waals surface area contributed by atoms with E-state index in [0.717, 1.165) is 16.0 Å². The number of ether oxygens (including phenoxy) is 1. The minimum absolute atomic E-state index is 0.0253. The van der Waals surface area contributed by atoms with Gasteiger partial charge in [-0.1, -0.05) is 11.3 Å². The Morgan fingerprint density at radius 2 is 2.38 bits per heavy atom. The molecule has 21 heavy (non-hydrogen) atoms. The van der Waals surface area contributed by atoms with Crippen molar-refractivity contribution >= 4 is 38.6 Å². The topological polar surface area (TPSA) is 82.6 Å². The minimum atomic E-state index is -1.19. The van der Waals surface area contributed by atoms with Crippen LogP contribution in [-0.4, -0.2) is 30.0 Å². The normalized spacial score (nSPS) is 18.4. The Hall–Kier alpha value is -2.15. The molecule has 1 saturated heterocycles. The second kappa shape index (κ2) is 5.33. The van der Waals surface area contributed by atoms with Crippen LogP contribution >= 0.6 is 11.3 Å². The van der Waals surface area contributed by atoms with Crippen LogP contribution in [0.4, 0.5) is 5.13 Å². The van der Waals surface area contributed by atoms with E-state index >= 15 is 0 Å². The van der Waals surface area contributed by atoms with Gasteiger partial charge in [-0.2, -0.15) is 0 Å². The van der Waals surface area contributed by atoms with Crippen molar-refractivity contribution < 1.29 is 19.4 Å². The number of anilines is 1. The SMILES string of the molecule is CCOc1ccc2nc(N3C[C@@H](C(=O)[O-])CC3=O)sc2c1. The first-order chi connectivity index (χ1) is 10.1. The summed E-state index contributed by atoms with van der Waals surface area (Å²) in [6.45, 7) is 2.61. The van der Waals surface area contributed by atoms with E-state index < -0.39 is 11.9 Å². The van der Waals surface area contributed by atoms with Crippen LogP contribution in [0.5, 0.6) is 5.75 Å². The van der Waals surface area contributed by atoms with Crippen molar-refractivity contribution in [2.45, 2.75) is 13.3 Å². The van der Waals surface area contributed by atoms with Gasteiger partial charge in [-0.15, -0.1) is 0 Å². The number of aromatic nitrogens is 1. The van der Waals surface area contributed by atoms with Crippen molar-refractivity contribution in [3.8, 4) is 5.75 Å². The number of thiazole rings is 1. The van der Waals surface area contributed by atoms with E-state index in [1.807, 2.05) is 25.1 Å². The number of aliphatic carboxylic acids is 1. The summed E-state index contributed by atoms with van der Waals surface area (Å²) in [5.41, 5.74) is 0.767. The first kappa shape index (κ1) is 13.8. The highest BCUT2D eigenvalue weighted by Gasteiger charge is 2.33. The van der Waals surface area contributed by atoms with Gasteiger partial charge in [0.25, 0.3) is 0 Å². The fourth-order valence-electron chi connectivity index (χ4n) is 2.32. The van der Waals surface area contributed by atoms with Gasteiger partial charge in [0.15, 0.2) is 5.13 Å². The molecule has 2 aromatic rings. The zero-order valence-corrected chi connectivity index (χ0v) is 12.2. The monoisotopic (exact) mass is 305 g/mol. The molecule has 0 unspecified atom stereocenters. The Labute approximate surface area is 125 Å². The van der Waals surface area contributed by atoms with E-state index in [9.17, 15) is 14.7 Å². The lowest BCUT2D eigenvalue weighted by atomic mass is 10.1. The van der Waals surface area contributed by atoms with Crippen molar-refractivity contribution in [1.29, 1.82) is 0 Å². The van der Waals surface area contributed by atoms with Gasteiger partial charge in [0, 0.05) is 24.9 Å². The number of carbonyl (C=O) groups excluding carboxylic acids is 2. The van der Waals surface area contributed by atoms with Crippen LogP contribution in [0, 0.1) is 5.92 Å². The Morgan fingerprint density at radius 1 is 1.57 bits per heavy atom. The summed E-state index contributed by atoms with van der Waals surface area (Å²) in [6, 6.07) is 5.53. The number of carboxylic acids is 1. The Balaban J connectivity index is 1.90. The van der Waals surface area contributed by atoms with Gasteiger partial charge in [-0.05, 0) is 25.1 Å². The van der Waals surface area contributed by atoms with Crippen molar-refractivity contribution in [2.75, 3.05) is 18.1 Å². The second-order valence-corrected chi connectivity index (χ2v) is 5.79. The standard InChI is InChI=1S/C14H14N2O4S/c1-2-20-9-3-4-10-11(6-9)21-14(15-10)16-7-8(13(18)19)5-12(16)17/h3-4,6,8H,2,5,7H2,1H3,(H,18,19)/p-1/t8-/m0/s1. The molecule has 0 radical (unpaired) electrons. The fourth-order valence-corrected chi connectivity index (χ4v) is 3.34. The molecule has 1 aliphatic rings. The lowest BCUT2D eigenvalue weighted by molar-refractivity contribution is -0.310. The molecule has 110 valence electrons. The summed E-state index contributed by atoms with van der Waals surface area (Å²) in [5.74, 6) is -1.43. The van der Waals surface area contributed by atoms with Gasteiger partial charge < -0.3 is 14.6 Å². The fraction of sp³-hybridized carbons (Fsp3) is 0.357. The van der Waals surface area contributed by atoms with Crippen molar-refractivity contribution in [3.63, 3.8) is 0 Å². The molecule has 1 atom stereocenters. The molecule has 0 saturated carbocycles. The van der Waals surface area contributed by atoms with E-state index in [-0.39, 0.29) is 18.9 Å². The van der Waals surface area contributed by atoms with Gasteiger partial charge in [-0.25, -0.2) is 4.98 Å². The molecule has 1 aliphatic heterocycles. The third-order valence-electron chi connectivity index (χ3n) is 3.35. The summed E-state index contributed by atoms with van der Waals surface area (Å²) in [7, 11) is 0. The van der Waals surface area contributed by atoms with Crippen LogP contribution < -0.4 is 14.7 Å². The molecule has 2 heterocycles. The third-order valence-corrected chi connectivity index (χ3v) is 4.39. The number of hydrogen-bond acceptors (Lipinski definition) is 6. The summed E-state index contributed by atoms with van der Waals surface area (Å²) in [6.07, 6.45) is -0.0253. The molecular formula is C14H13N2O4S-. The number of hydrogen-bond donors (Lipinski definition) is 0. The average Bonchev–Trinajstić information content (AvgIpc) is 3.01. The number of carbonyl (C=O) groups is 2. The molecule has 1 aromatic carbocycles. The van der Waals surface area contributed by atoms with Crippen LogP contribution in [-0.2, 0) is 9.59 Å². The summed E-state index contributed by atoms with van der Waals surface area (Å²) in [4.78, 5) is 28.6. The van der Waals surface area contributed by atoms with Crippen molar-refractivity contribution in [1.82, 2.24) is 4.98 Å². The third kappa shape index (κ3) is 2.56.